The lowest BCUT2D eigenvalue weighted by Crippen LogP contribution is -2.40. The lowest BCUT2D eigenvalue weighted by molar-refractivity contribution is -0.895. The van der Waals surface area contributed by atoms with Crippen LogP contribution >= 0.6 is 0 Å². The van der Waals surface area contributed by atoms with Crippen LogP contribution in [0.5, 0.6) is 0 Å². The first-order valence-electron chi connectivity index (χ1n) is 3.60. The molecule has 0 aromatic carbocycles. The number of hydrogen-bond acceptors (Lipinski definition) is 0. The normalized spacial score (nSPS) is 23.3. The van der Waals surface area contributed by atoms with E-state index in [1.807, 2.05) is 0 Å². The topological polar surface area (TPSA) is 0 Å². The molecule has 0 aromatic heterocycles. The van der Waals surface area contributed by atoms with Crippen LogP contribution in [0, 0.1) is 0 Å². The molecule has 0 unspecified atom stereocenters. The van der Waals surface area contributed by atoms with Crippen LogP contribution < -0.4 is 0 Å². The first kappa shape index (κ1) is 8.96. The minimum Gasteiger partial charge on any atom is -0.326 e. The highest BCUT2D eigenvalue weighted by molar-refractivity contribution is 4.49. The van der Waals surface area contributed by atoms with Crippen molar-refractivity contribution in [3.63, 3.8) is 0 Å². The molecule has 1 heterocycles. The summed E-state index contributed by atoms with van der Waals surface area (Å²) in [6.07, 6.45) is 2.90. The van der Waals surface area contributed by atoms with Crippen molar-refractivity contribution in [2.75, 3.05) is 26.7 Å². The van der Waals surface area contributed by atoms with Gasteiger partial charge in [-0.25, -0.2) is 0 Å². The predicted octanol–water partition coefficient (Wildman–Crippen LogP) is 2.13. The average molecular weight is 132 g/mol. The van der Waals surface area contributed by atoms with Crippen molar-refractivity contribution in [1.82, 2.24) is 0 Å². The zero-order valence-electron chi connectivity index (χ0n) is 5.98. The van der Waals surface area contributed by atoms with Crippen LogP contribution in [0.4, 0.5) is 0 Å². The second-order valence-electron chi connectivity index (χ2n) is 3.09. The van der Waals surface area contributed by atoms with Gasteiger partial charge in [-0.05, 0) is 6.92 Å². The van der Waals surface area contributed by atoms with Gasteiger partial charge in [0.15, 0.2) is 0 Å². The Bertz CT molecular complexity index is 77.3. The molecule has 9 heavy (non-hydrogen) atoms. The van der Waals surface area contributed by atoms with Crippen LogP contribution in [-0.2, 0) is 0 Å². The molecule has 0 atom stereocenters. The summed E-state index contributed by atoms with van der Waals surface area (Å²) in [5, 5.41) is 0. The summed E-state index contributed by atoms with van der Waals surface area (Å²) >= 11 is 0. The van der Waals surface area contributed by atoms with Crippen LogP contribution in [0.25, 0.3) is 0 Å². The highest BCUT2D eigenvalue weighted by Crippen LogP contribution is 2.14. The van der Waals surface area contributed by atoms with E-state index < -0.39 is 0 Å². The van der Waals surface area contributed by atoms with E-state index in [-0.39, 0.29) is 8.85 Å². The smallest absolute Gasteiger partial charge is 0.0786 e. The molecule has 1 aliphatic rings. The second kappa shape index (κ2) is 3.21. The van der Waals surface area contributed by atoms with Crippen molar-refractivity contribution in [2.45, 2.75) is 27.2 Å². The summed E-state index contributed by atoms with van der Waals surface area (Å²) in [5.74, 6) is 0. The van der Waals surface area contributed by atoms with Crippen LogP contribution in [0.3, 0.4) is 0 Å². The Labute approximate surface area is 60.7 Å². The number of nitrogens with zero attached hydrogens (tertiary/aromatic N) is 1. The fourth-order valence-electron chi connectivity index (χ4n) is 1.42. The summed E-state index contributed by atoms with van der Waals surface area (Å²) in [6.45, 7) is 6.43. The third-order valence-electron chi connectivity index (χ3n) is 2.41. The fraction of sp³-hybridized carbons (Fsp3) is 1.00. The fourth-order valence-corrected chi connectivity index (χ4v) is 1.42. The van der Waals surface area contributed by atoms with E-state index in [1.165, 1.54) is 37.0 Å². The molecule has 1 heteroatoms. The van der Waals surface area contributed by atoms with Gasteiger partial charge in [0, 0.05) is 14.3 Å². The molecule has 1 fully saturated rings. The van der Waals surface area contributed by atoms with Crippen molar-refractivity contribution in [3.8, 4) is 0 Å². The van der Waals surface area contributed by atoms with E-state index in [1.54, 1.807) is 0 Å². The zero-order valence-corrected chi connectivity index (χ0v) is 5.98. The van der Waals surface area contributed by atoms with Gasteiger partial charge < -0.3 is 4.48 Å². The molecule has 1 nitrogen and oxygen atoms in total. The van der Waals surface area contributed by atoms with Gasteiger partial charge >= 0.3 is 0 Å². The second-order valence-corrected chi connectivity index (χ2v) is 3.09. The van der Waals surface area contributed by atoms with Crippen molar-refractivity contribution in [3.05, 3.63) is 0 Å². The minimum absolute atomic E-state index is 0. The van der Waals surface area contributed by atoms with Crippen LogP contribution in [0.15, 0.2) is 0 Å². The number of likely N-dealkylation sites (tertiary alicyclic amines) is 1. The Morgan fingerprint density at radius 1 is 1.33 bits per heavy atom. The number of quaternary nitrogens is 1. The Morgan fingerprint density at radius 3 is 2.00 bits per heavy atom. The number of rotatable bonds is 1. The number of hydrogen-bond donors (Lipinski definition) is 0. The standard InChI is InChI=1S/C7H16N.CH4.H2/c1-3-8(2)6-4-5-7-8;;/h3-7H2,1-2H3;1H4;1H/q+1;;. The van der Waals surface area contributed by atoms with E-state index in [9.17, 15) is 0 Å². The van der Waals surface area contributed by atoms with E-state index in [0.717, 1.165) is 0 Å². The SMILES string of the molecule is C.CC[N+]1(C)CCCC1.[HH]. The monoisotopic (exact) mass is 132 g/mol. The maximum atomic E-state index is 2.35. The molecular formula is C8H22N+. The summed E-state index contributed by atoms with van der Waals surface area (Å²) in [7, 11) is 2.35. The molecule has 0 radical (unpaired) electrons. The first-order chi connectivity index (χ1) is 3.77. The van der Waals surface area contributed by atoms with Gasteiger partial charge in [0.1, 0.15) is 0 Å². The Hall–Kier alpha value is -0.0400. The molecule has 1 rings (SSSR count). The van der Waals surface area contributed by atoms with Gasteiger partial charge in [0.05, 0.1) is 26.7 Å². The highest BCUT2D eigenvalue weighted by atomic mass is 15.3. The van der Waals surface area contributed by atoms with E-state index in [2.05, 4.69) is 14.0 Å². The molecule has 0 aromatic rings. The quantitative estimate of drug-likeness (QED) is 0.479. The maximum absolute atomic E-state index is 2.35. The lowest BCUT2D eigenvalue weighted by Gasteiger charge is -2.26. The van der Waals surface area contributed by atoms with Crippen molar-refractivity contribution in [1.29, 1.82) is 0 Å². The van der Waals surface area contributed by atoms with E-state index >= 15 is 0 Å². The maximum Gasteiger partial charge on any atom is 0.0786 e. The van der Waals surface area contributed by atoms with Crippen LogP contribution in [0.2, 0.25) is 0 Å². The van der Waals surface area contributed by atoms with Gasteiger partial charge in [-0.3, -0.25) is 0 Å². The highest BCUT2D eigenvalue weighted by Gasteiger charge is 2.23. The molecule has 58 valence electrons. The molecule has 0 amide bonds. The van der Waals surface area contributed by atoms with Gasteiger partial charge in [-0.2, -0.15) is 0 Å². The summed E-state index contributed by atoms with van der Waals surface area (Å²) in [5.41, 5.74) is 0. The summed E-state index contributed by atoms with van der Waals surface area (Å²) in [6, 6.07) is 0. The average Bonchev–Trinajstić information content (AvgIpc) is 2.17. The van der Waals surface area contributed by atoms with Crippen molar-refractivity contribution >= 4 is 0 Å². The lowest BCUT2D eigenvalue weighted by atomic mass is 10.4. The van der Waals surface area contributed by atoms with Crippen LogP contribution in [-0.4, -0.2) is 31.2 Å². The van der Waals surface area contributed by atoms with Crippen molar-refractivity contribution in [2.24, 2.45) is 0 Å². The van der Waals surface area contributed by atoms with Gasteiger partial charge in [-0.1, -0.05) is 7.43 Å². The Kier molecular flexibility index (Phi) is 3.20. The van der Waals surface area contributed by atoms with Crippen LogP contribution in [0.1, 0.15) is 28.6 Å². The zero-order chi connectivity index (χ0) is 6.04. The molecule has 0 bridgehead atoms. The van der Waals surface area contributed by atoms with Crippen molar-refractivity contribution < 1.29 is 5.91 Å². The third kappa shape index (κ3) is 1.98. The summed E-state index contributed by atoms with van der Waals surface area (Å²) in [4.78, 5) is 0. The molecule has 1 aliphatic heterocycles. The molecule has 0 spiro atoms. The van der Waals surface area contributed by atoms with Gasteiger partial charge in [0.2, 0.25) is 0 Å². The molecule has 1 saturated heterocycles. The van der Waals surface area contributed by atoms with E-state index in [0.29, 0.717) is 0 Å². The largest absolute Gasteiger partial charge is 0.326 e. The molecule has 0 N–H and O–H groups in total. The first-order valence-corrected chi connectivity index (χ1v) is 3.60. The Morgan fingerprint density at radius 2 is 1.78 bits per heavy atom. The Balaban J connectivity index is 0. The summed E-state index contributed by atoms with van der Waals surface area (Å²) < 4.78 is 1.32. The van der Waals surface area contributed by atoms with Gasteiger partial charge in [0.25, 0.3) is 0 Å². The predicted molar refractivity (Wildman–Crippen MR) is 44.5 cm³/mol. The van der Waals surface area contributed by atoms with E-state index in [4.69, 9.17) is 0 Å². The van der Waals surface area contributed by atoms with Gasteiger partial charge in [-0.15, -0.1) is 0 Å². The molecular weight excluding hydrogens is 110 g/mol. The minimum atomic E-state index is 0. The molecule has 0 aliphatic carbocycles. The third-order valence-corrected chi connectivity index (χ3v) is 2.41. The molecule has 0 saturated carbocycles.